The van der Waals surface area contributed by atoms with Crippen molar-refractivity contribution < 1.29 is 18.0 Å². The van der Waals surface area contributed by atoms with Crippen molar-refractivity contribution in [1.29, 1.82) is 0 Å². The molecule has 1 amide bonds. The smallest absolute Gasteiger partial charge is 0.349 e. The Bertz CT molecular complexity index is 1010. The van der Waals surface area contributed by atoms with Crippen LogP contribution >= 0.6 is 0 Å². The van der Waals surface area contributed by atoms with Gasteiger partial charge in [-0.3, -0.25) is 9.78 Å². The van der Waals surface area contributed by atoms with Gasteiger partial charge in [0.15, 0.2) is 5.69 Å². The average Bonchev–Trinajstić information content (AvgIpc) is 3.21. The highest BCUT2D eigenvalue weighted by molar-refractivity contribution is 5.94. The van der Waals surface area contributed by atoms with Crippen LogP contribution in [0.4, 0.5) is 13.2 Å². The van der Waals surface area contributed by atoms with Crippen molar-refractivity contribution in [2.24, 2.45) is 0 Å². The molecule has 5 nitrogen and oxygen atoms in total. The summed E-state index contributed by atoms with van der Waals surface area (Å²) in [6, 6.07) is 10.9. The summed E-state index contributed by atoms with van der Waals surface area (Å²) in [6.45, 7) is 0. The third kappa shape index (κ3) is 4.37. The van der Waals surface area contributed by atoms with E-state index in [-0.39, 0.29) is 17.6 Å². The molecule has 30 heavy (non-hydrogen) atoms. The van der Waals surface area contributed by atoms with Gasteiger partial charge in [-0.1, -0.05) is 19.3 Å². The normalized spacial score (nSPS) is 15.2. The molecule has 1 aromatic carbocycles. The maximum atomic E-state index is 13.3. The monoisotopic (exact) mass is 414 g/mol. The second kappa shape index (κ2) is 8.30. The highest BCUT2D eigenvalue weighted by atomic mass is 19.4. The van der Waals surface area contributed by atoms with Gasteiger partial charge in [0.05, 0.1) is 11.4 Å². The van der Waals surface area contributed by atoms with Crippen LogP contribution in [0.15, 0.2) is 54.9 Å². The van der Waals surface area contributed by atoms with Crippen molar-refractivity contribution in [1.82, 2.24) is 20.1 Å². The van der Waals surface area contributed by atoms with Gasteiger partial charge in [0.1, 0.15) is 0 Å². The minimum absolute atomic E-state index is 0.169. The first-order chi connectivity index (χ1) is 14.4. The van der Waals surface area contributed by atoms with Gasteiger partial charge in [0.25, 0.3) is 5.91 Å². The van der Waals surface area contributed by atoms with Crippen molar-refractivity contribution in [3.05, 3.63) is 66.1 Å². The van der Waals surface area contributed by atoms with Gasteiger partial charge in [-0.05, 0) is 55.3 Å². The molecule has 1 aliphatic carbocycles. The standard InChI is InChI=1S/C22H21F3N4O/c23-22(24,25)20-13-19(16-5-4-12-26-14-16)29(28-20)18-10-8-15(9-11-18)21(30)27-17-6-2-1-3-7-17/h4-5,8-14,17H,1-3,6-7H2,(H,27,30). The Morgan fingerprint density at radius 1 is 1.07 bits per heavy atom. The van der Waals surface area contributed by atoms with Crippen molar-refractivity contribution in [3.63, 3.8) is 0 Å². The molecule has 0 atom stereocenters. The first-order valence-electron chi connectivity index (χ1n) is 9.91. The summed E-state index contributed by atoms with van der Waals surface area (Å²) in [5.74, 6) is -0.169. The lowest BCUT2D eigenvalue weighted by Crippen LogP contribution is -2.36. The molecule has 4 rings (SSSR count). The summed E-state index contributed by atoms with van der Waals surface area (Å²) in [6.07, 6.45) is 3.85. The van der Waals surface area contributed by atoms with Crippen LogP contribution < -0.4 is 5.32 Å². The molecule has 3 aromatic rings. The van der Waals surface area contributed by atoms with E-state index >= 15 is 0 Å². The molecule has 0 unspecified atom stereocenters. The highest BCUT2D eigenvalue weighted by Gasteiger charge is 2.35. The van der Waals surface area contributed by atoms with Crippen molar-refractivity contribution in [2.45, 2.75) is 44.3 Å². The van der Waals surface area contributed by atoms with Crippen LogP contribution in [0.5, 0.6) is 0 Å². The number of aromatic nitrogens is 3. The zero-order chi connectivity index (χ0) is 21.1. The number of alkyl halides is 3. The van der Waals surface area contributed by atoms with Crippen LogP contribution in [0.2, 0.25) is 0 Å². The molecule has 1 fully saturated rings. The minimum atomic E-state index is -4.57. The number of halogens is 3. The Morgan fingerprint density at radius 3 is 2.43 bits per heavy atom. The topological polar surface area (TPSA) is 59.8 Å². The van der Waals surface area contributed by atoms with Crippen molar-refractivity contribution >= 4 is 5.91 Å². The lowest BCUT2D eigenvalue weighted by Gasteiger charge is -2.22. The Morgan fingerprint density at radius 2 is 1.80 bits per heavy atom. The largest absolute Gasteiger partial charge is 0.435 e. The lowest BCUT2D eigenvalue weighted by molar-refractivity contribution is -0.141. The Kier molecular flexibility index (Phi) is 5.57. The average molecular weight is 414 g/mol. The fourth-order valence-corrected chi connectivity index (χ4v) is 3.71. The van der Waals surface area contributed by atoms with Gasteiger partial charge >= 0.3 is 6.18 Å². The number of hydrogen-bond acceptors (Lipinski definition) is 3. The molecular weight excluding hydrogens is 393 g/mol. The number of amides is 1. The van der Waals surface area contributed by atoms with Crippen LogP contribution in [0.1, 0.15) is 48.2 Å². The maximum absolute atomic E-state index is 13.3. The van der Waals surface area contributed by atoms with Gasteiger partial charge in [-0.2, -0.15) is 18.3 Å². The first kappa shape index (κ1) is 20.1. The van der Waals surface area contributed by atoms with Crippen LogP contribution in [0, 0.1) is 0 Å². The second-order valence-electron chi connectivity index (χ2n) is 7.42. The zero-order valence-corrected chi connectivity index (χ0v) is 16.2. The van der Waals surface area contributed by atoms with E-state index in [4.69, 9.17) is 0 Å². The molecule has 1 aliphatic rings. The molecule has 0 aliphatic heterocycles. The van der Waals surface area contributed by atoms with Gasteiger partial charge < -0.3 is 5.32 Å². The van der Waals surface area contributed by atoms with Gasteiger partial charge in [0, 0.05) is 29.6 Å². The molecule has 156 valence electrons. The van der Waals surface area contributed by atoms with Crippen LogP contribution in [-0.4, -0.2) is 26.7 Å². The van der Waals surface area contributed by atoms with E-state index in [1.165, 1.54) is 17.3 Å². The van der Waals surface area contributed by atoms with E-state index in [0.29, 0.717) is 16.8 Å². The molecule has 0 bridgehead atoms. The quantitative estimate of drug-likeness (QED) is 0.653. The predicted octanol–water partition coefficient (Wildman–Crippen LogP) is 5.02. The van der Waals surface area contributed by atoms with Crippen LogP contribution in [0.3, 0.4) is 0 Å². The van der Waals surface area contributed by atoms with Crippen LogP contribution in [-0.2, 0) is 6.18 Å². The summed E-state index contributed by atoms with van der Waals surface area (Å²) < 4.78 is 41.0. The highest BCUT2D eigenvalue weighted by Crippen LogP contribution is 2.33. The van der Waals surface area contributed by atoms with E-state index in [2.05, 4.69) is 15.4 Å². The van der Waals surface area contributed by atoms with E-state index in [1.807, 2.05) is 0 Å². The van der Waals surface area contributed by atoms with E-state index in [1.54, 1.807) is 42.6 Å². The third-order valence-corrected chi connectivity index (χ3v) is 5.27. The zero-order valence-electron chi connectivity index (χ0n) is 16.2. The van der Waals surface area contributed by atoms with E-state index in [0.717, 1.165) is 31.7 Å². The molecule has 1 saturated carbocycles. The van der Waals surface area contributed by atoms with E-state index < -0.39 is 11.9 Å². The molecule has 0 spiro atoms. The van der Waals surface area contributed by atoms with Crippen molar-refractivity contribution in [2.75, 3.05) is 0 Å². The number of benzene rings is 1. The maximum Gasteiger partial charge on any atom is 0.435 e. The fraction of sp³-hybridized carbons (Fsp3) is 0.318. The molecule has 1 N–H and O–H groups in total. The SMILES string of the molecule is O=C(NC1CCCCC1)c1ccc(-n2nc(C(F)(F)F)cc2-c2cccnc2)cc1. The second-order valence-corrected chi connectivity index (χ2v) is 7.42. The molecular formula is C22H21F3N4O. The van der Waals surface area contributed by atoms with Gasteiger partial charge in [-0.15, -0.1) is 0 Å². The first-order valence-corrected chi connectivity index (χ1v) is 9.91. The number of pyridine rings is 1. The summed E-state index contributed by atoms with van der Waals surface area (Å²) in [4.78, 5) is 16.5. The summed E-state index contributed by atoms with van der Waals surface area (Å²) in [5.41, 5.74) is 0.698. The third-order valence-electron chi connectivity index (χ3n) is 5.27. The fourth-order valence-electron chi connectivity index (χ4n) is 3.71. The van der Waals surface area contributed by atoms with Crippen molar-refractivity contribution in [3.8, 4) is 16.9 Å². The Labute approximate surface area is 171 Å². The number of nitrogens with zero attached hydrogens (tertiary/aromatic N) is 3. The number of hydrogen-bond donors (Lipinski definition) is 1. The Hall–Kier alpha value is -3.16. The van der Waals surface area contributed by atoms with Gasteiger partial charge in [-0.25, -0.2) is 4.68 Å². The molecule has 0 saturated heterocycles. The molecule has 8 heteroatoms. The number of carbonyl (C=O) groups is 1. The molecule has 0 radical (unpaired) electrons. The van der Waals surface area contributed by atoms with Crippen LogP contribution in [0.25, 0.3) is 16.9 Å². The minimum Gasteiger partial charge on any atom is -0.349 e. The number of carbonyl (C=O) groups excluding carboxylic acids is 1. The van der Waals surface area contributed by atoms with E-state index in [9.17, 15) is 18.0 Å². The molecule has 2 aromatic heterocycles. The predicted molar refractivity (Wildman–Crippen MR) is 106 cm³/mol. The summed E-state index contributed by atoms with van der Waals surface area (Å²) >= 11 is 0. The number of rotatable bonds is 4. The molecule has 2 heterocycles. The Balaban J connectivity index is 1.62. The summed E-state index contributed by atoms with van der Waals surface area (Å²) in [7, 11) is 0. The summed E-state index contributed by atoms with van der Waals surface area (Å²) in [5, 5.41) is 6.80. The van der Waals surface area contributed by atoms with Gasteiger partial charge in [0.2, 0.25) is 0 Å². The lowest BCUT2D eigenvalue weighted by atomic mass is 9.95. The number of nitrogens with one attached hydrogen (secondary N) is 1.